The minimum Gasteiger partial charge on any atom is -0.350 e. The first-order chi connectivity index (χ1) is 14.2. The zero-order valence-corrected chi connectivity index (χ0v) is 18.2. The molecule has 1 aliphatic heterocycles. The number of carbonyl (C=O) groups excluding carboxylic acids is 1. The zero-order chi connectivity index (χ0) is 21.7. The average Bonchev–Trinajstić information content (AvgIpc) is 3.21. The molecule has 1 fully saturated rings. The van der Waals surface area contributed by atoms with Crippen molar-refractivity contribution in [1.29, 1.82) is 0 Å². The van der Waals surface area contributed by atoms with E-state index in [9.17, 15) is 17.6 Å². The maximum absolute atomic E-state index is 13.2. The van der Waals surface area contributed by atoms with Crippen LogP contribution in [0.15, 0.2) is 48.5 Å². The topological polar surface area (TPSA) is 69.7 Å². The minimum absolute atomic E-state index is 0.243. The highest BCUT2D eigenvalue weighted by Gasteiger charge is 2.29. The summed E-state index contributed by atoms with van der Waals surface area (Å²) in [6, 6.07) is 12.1. The number of nitrogens with zero attached hydrogens (tertiary/aromatic N) is 2. The third-order valence-electron chi connectivity index (χ3n) is 5.26. The fraction of sp³-hybridized carbons (Fsp3) is 0.409. The van der Waals surface area contributed by atoms with Gasteiger partial charge in [0.15, 0.2) is 0 Å². The number of sulfonamides is 1. The number of nitrogens with one attached hydrogen (secondary N) is 1. The first kappa shape index (κ1) is 22.2. The van der Waals surface area contributed by atoms with Crippen molar-refractivity contribution in [2.24, 2.45) is 0 Å². The Hall–Kier alpha value is -2.45. The third kappa shape index (κ3) is 5.79. The Morgan fingerprint density at radius 1 is 1.07 bits per heavy atom. The van der Waals surface area contributed by atoms with Gasteiger partial charge in [-0.2, -0.15) is 0 Å². The Morgan fingerprint density at radius 3 is 2.20 bits per heavy atom. The van der Waals surface area contributed by atoms with Crippen LogP contribution in [0.3, 0.4) is 0 Å². The molecule has 8 heteroatoms. The molecule has 1 aliphatic rings. The monoisotopic (exact) mass is 433 g/mol. The van der Waals surface area contributed by atoms with Crippen LogP contribution >= 0.6 is 0 Å². The molecule has 6 nitrogen and oxygen atoms in total. The van der Waals surface area contributed by atoms with Crippen molar-refractivity contribution in [2.45, 2.75) is 38.9 Å². The van der Waals surface area contributed by atoms with Gasteiger partial charge in [-0.05, 0) is 68.2 Å². The fourth-order valence-electron chi connectivity index (χ4n) is 3.70. The van der Waals surface area contributed by atoms with Crippen molar-refractivity contribution in [1.82, 2.24) is 10.2 Å². The van der Waals surface area contributed by atoms with E-state index in [1.54, 1.807) is 0 Å². The fourth-order valence-corrected chi connectivity index (χ4v) is 4.87. The Morgan fingerprint density at radius 2 is 1.63 bits per heavy atom. The summed E-state index contributed by atoms with van der Waals surface area (Å²) in [6.07, 6.45) is 3.54. The Kier molecular flexibility index (Phi) is 7.10. The maximum Gasteiger partial charge on any atom is 0.243 e. The van der Waals surface area contributed by atoms with E-state index in [4.69, 9.17) is 0 Å². The number of rotatable bonds is 8. The SMILES string of the molecule is C[C@H](C(=O)NCc1ccc(CN2CCCC2)cc1)N(c1ccc(F)cc1)S(C)(=O)=O. The summed E-state index contributed by atoms with van der Waals surface area (Å²) < 4.78 is 38.7. The van der Waals surface area contributed by atoms with Crippen LogP contribution in [-0.2, 0) is 27.9 Å². The van der Waals surface area contributed by atoms with Crippen molar-refractivity contribution < 1.29 is 17.6 Å². The molecule has 0 radical (unpaired) electrons. The van der Waals surface area contributed by atoms with Crippen LogP contribution in [-0.4, -0.2) is 44.6 Å². The molecule has 1 saturated heterocycles. The third-order valence-corrected chi connectivity index (χ3v) is 6.51. The molecule has 1 N–H and O–H groups in total. The predicted octanol–water partition coefficient (Wildman–Crippen LogP) is 2.89. The summed E-state index contributed by atoms with van der Waals surface area (Å²) in [7, 11) is -3.73. The number of hydrogen-bond acceptors (Lipinski definition) is 4. The highest BCUT2D eigenvalue weighted by Crippen LogP contribution is 2.21. The van der Waals surface area contributed by atoms with Gasteiger partial charge in [-0.1, -0.05) is 24.3 Å². The van der Waals surface area contributed by atoms with E-state index >= 15 is 0 Å². The van der Waals surface area contributed by atoms with Crippen molar-refractivity contribution in [3.63, 3.8) is 0 Å². The summed E-state index contributed by atoms with van der Waals surface area (Å²) in [5.41, 5.74) is 2.42. The number of benzene rings is 2. The van der Waals surface area contributed by atoms with Crippen LogP contribution in [0, 0.1) is 5.82 Å². The zero-order valence-electron chi connectivity index (χ0n) is 17.3. The predicted molar refractivity (Wildman–Crippen MR) is 116 cm³/mol. The maximum atomic E-state index is 13.2. The van der Waals surface area contributed by atoms with Gasteiger partial charge >= 0.3 is 0 Å². The molecule has 2 aromatic rings. The second kappa shape index (κ2) is 9.57. The second-order valence-corrected chi connectivity index (χ2v) is 9.59. The van der Waals surface area contributed by atoms with Crippen molar-refractivity contribution in [3.05, 3.63) is 65.5 Å². The number of hydrogen-bond donors (Lipinski definition) is 1. The summed E-state index contributed by atoms with van der Waals surface area (Å²) in [5.74, 6) is -0.900. The van der Waals surface area contributed by atoms with Gasteiger partial charge in [-0.25, -0.2) is 12.8 Å². The van der Waals surface area contributed by atoms with Gasteiger partial charge in [0, 0.05) is 13.1 Å². The molecule has 0 aliphatic carbocycles. The van der Waals surface area contributed by atoms with E-state index in [-0.39, 0.29) is 5.69 Å². The highest BCUT2D eigenvalue weighted by atomic mass is 32.2. The molecule has 1 heterocycles. The van der Waals surface area contributed by atoms with Crippen LogP contribution in [0.25, 0.3) is 0 Å². The van der Waals surface area contributed by atoms with Crippen LogP contribution in [0.1, 0.15) is 30.9 Å². The van der Waals surface area contributed by atoms with Crippen molar-refractivity contribution in [2.75, 3.05) is 23.7 Å². The van der Waals surface area contributed by atoms with Gasteiger partial charge < -0.3 is 5.32 Å². The van der Waals surface area contributed by atoms with E-state index in [1.807, 2.05) is 12.1 Å². The van der Waals surface area contributed by atoms with Gasteiger partial charge in [0.1, 0.15) is 11.9 Å². The molecule has 1 atom stereocenters. The molecular weight excluding hydrogens is 405 g/mol. The molecule has 0 saturated carbocycles. The lowest BCUT2D eigenvalue weighted by Gasteiger charge is -2.28. The molecule has 0 bridgehead atoms. The summed E-state index contributed by atoms with van der Waals surface area (Å²) >= 11 is 0. The lowest BCUT2D eigenvalue weighted by atomic mass is 10.1. The molecule has 0 spiro atoms. The van der Waals surface area contributed by atoms with E-state index in [0.717, 1.165) is 35.8 Å². The van der Waals surface area contributed by atoms with E-state index in [0.29, 0.717) is 6.54 Å². The van der Waals surface area contributed by atoms with E-state index in [2.05, 4.69) is 22.3 Å². The molecule has 0 aromatic heterocycles. The lowest BCUT2D eigenvalue weighted by Crippen LogP contribution is -2.47. The summed E-state index contributed by atoms with van der Waals surface area (Å²) in [5, 5.41) is 2.80. The van der Waals surface area contributed by atoms with E-state index < -0.39 is 27.8 Å². The Balaban J connectivity index is 1.61. The van der Waals surface area contributed by atoms with Crippen LogP contribution < -0.4 is 9.62 Å². The van der Waals surface area contributed by atoms with Crippen LogP contribution in [0.2, 0.25) is 0 Å². The normalized spacial score (nSPS) is 15.7. The lowest BCUT2D eigenvalue weighted by molar-refractivity contribution is -0.122. The second-order valence-electron chi connectivity index (χ2n) is 7.73. The minimum atomic E-state index is -3.73. The largest absolute Gasteiger partial charge is 0.350 e. The summed E-state index contributed by atoms with van der Waals surface area (Å²) in [4.78, 5) is 15.1. The highest BCUT2D eigenvalue weighted by molar-refractivity contribution is 7.92. The number of amides is 1. The van der Waals surface area contributed by atoms with Crippen molar-refractivity contribution >= 4 is 21.6 Å². The van der Waals surface area contributed by atoms with Gasteiger partial charge in [-0.3, -0.25) is 14.0 Å². The first-order valence-corrected chi connectivity index (χ1v) is 11.9. The van der Waals surface area contributed by atoms with Gasteiger partial charge in [0.05, 0.1) is 11.9 Å². The van der Waals surface area contributed by atoms with Gasteiger partial charge in [0.25, 0.3) is 0 Å². The first-order valence-electron chi connectivity index (χ1n) is 10.1. The number of likely N-dealkylation sites (tertiary alicyclic amines) is 1. The quantitative estimate of drug-likeness (QED) is 0.695. The standard InChI is InChI=1S/C22H28FN3O3S/c1-17(26(30(2,28)29)21-11-9-20(23)10-12-21)22(27)24-15-18-5-7-19(8-6-18)16-25-13-3-4-14-25/h5-12,17H,3-4,13-16H2,1-2H3,(H,24,27)/t17-/m1/s1. The Labute approximate surface area is 177 Å². The molecule has 2 aromatic carbocycles. The number of anilines is 1. The van der Waals surface area contributed by atoms with Crippen LogP contribution in [0.4, 0.5) is 10.1 Å². The molecule has 3 rings (SSSR count). The molecule has 0 unspecified atom stereocenters. The van der Waals surface area contributed by atoms with Gasteiger partial charge in [-0.15, -0.1) is 0 Å². The summed E-state index contributed by atoms with van der Waals surface area (Å²) in [6.45, 7) is 5.03. The smallest absolute Gasteiger partial charge is 0.243 e. The Bertz CT molecular complexity index is 956. The number of carbonyl (C=O) groups is 1. The van der Waals surface area contributed by atoms with Crippen molar-refractivity contribution in [3.8, 4) is 0 Å². The van der Waals surface area contributed by atoms with Crippen LogP contribution in [0.5, 0.6) is 0 Å². The van der Waals surface area contributed by atoms with Gasteiger partial charge in [0.2, 0.25) is 15.9 Å². The molecule has 1 amide bonds. The number of halogens is 1. The molecule has 162 valence electrons. The molecule has 30 heavy (non-hydrogen) atoms. The average molecular weight is 434 g/mol. The van der Waals surface area contributed by atoms with E-state index in [1.165, 1.54) is 49.6 Å². The molecular formula is C22H28FN3O3S.